The van der Waals surface area contributed by atoms with Crippen LogP contribution in [-0.4, -0.2) is 47.7 Å². The Balaban J connectivity index is 1.97. The lowest BCUT2D eigenvalue weighted by Crippen LogP contribution is -2.54. The number of aliphatic hydroxyl groups is 1. The molecule has 0 radical (unpaired) electrons. The summed E-state index contributed by atoms with van der Waals surface area (Å²) in [5.74, 6) is 0.807. The molecule has 2 fully saturated rings. The van der Waals surface area contributed by atoms with Gasteiger partial charge < -0.3 is 15.3 Å². The summed E-state index contributed by atoms with van der Waals surface area (Å²) in [7, 11) is 0. The molecular formula is C14H26N2O2. The lowest BCUT2D eigenvalue weighted by molar-refractivity contribution is -0.137. The molecule has 2 aliphatic heterocycles. The number of carbonyl (C=O) groups excluding carboxylic acids is 1. The van der Waals surface area contributed by atoms with E-state index in [0.29, 0.717) is 11.8 Å². The topological polar surface area (TPSA) is 52.6 Å². The number of rotatable bonds is 5. The number of aliphatic hydroxyl groups excluding tert-OH is 1. The van der Waals surface area contributed by atoms with Gasteiger partial charge in [-0.3, -0.25) is 4.79 Å². The van der Waals surface area contributed by atoms with E-state index in [1.54, 1.807) is 0 Å². The second-order valence-corrected chi connectivity index (χ2v) is 5.78. The number of nitrogens with one attached hydrogen (secondary N) is 1. The maximum absolute atomic E-state index is 12.7. The zero-order valence-corrected chi connectivity index (χ0v) is 11.5. The van der Waals surface area contributed by atoms with E-state index >= 15 is 0 Å². The van der Waals surface area contributed by atoms with E-state index < -0.39 is 0 Å². The van der Waals surface area contributed by atoms with Crippen molar-refractivity contribution < 1.29 is 9.90 Å². The summed E-state index contributed by atoms with van der Waals surface area (Å²) in [5, 5.41) is 12.4. The standard InChI is InChI=1S/C14H26N2O2/c1-2-6-14(7-3-8-15-14)13(18)16-9-4-12(11-16)5-10-17/h12,15,17H,2-11H2,1H3. The van der Waals surface area contributed by atoms with Crippen molar-refractivity contribution in [2.45, 2.75) is 51.0 Å². The minimum absolute atomic E-state index is 0.241. The van der Waals surface area contributed by atoms with E-state index in [0.717, 1.165) is 58.2 Å². The molecule has 0 aromatic heterocycles. The molecule has 0 saturated carbocycles. The molecule has 2 aliphatic rings. The molecule has 2 rings (SSSR count). The summed E-state index contributed by atoms with van der Waals surface area (Å²) in [6, 6.07) is 0. The first kappa shape index (κ1) is 13.8. The largest absolute Gasteiger partial charge is 0.396 e. The third kappa shape index (κ3) is 2.69. The molecule has 0 aliphatic carbocycles. The summed E-state index contributed by atoms with van der Waals surface area (Å²) >= 11 is 0. The van der Waals surface area contributed by atoms with Gasteiger partial charge in [-0.2, -0.15) is 0 Å². The highest BCUT2D eigenvalue weighted by Gasteiger charge is 2.43. The molecule has 2 heterocycles. The average Bonchev–Trinajstić information content (AvgIpc) is 2.99. The Kier molecular flexibility index (Phi) is 4.62. The molecule has 0 aromatic rings. The van der Waals surface area contributed by atoms with Gasteiger partial charge in [-0.05, 0) is 44.6 Å². The van der Waals surface area contributed by atoms with Gasteiger partial charge in [0.2, 0.25) is 5.91 Å². The summed E-state index contributed by atoms with van der Waals surface area (Å²) in [5.41, 5.74) is -0.275. The fourth-order valence-electron chi connectivity index (χ4n) is 3.47. The molecule has 0 spiro atoms. The Hall–Kier alpha value is -0.610. The number of likely N-dealkylation sites (tertiary alicyclic amines) is 1. The Bertz CT molecular complexity index is 288. The summed E-state index contributed by atoms with van der Waals surface area (Å²) in [6.45, 7) is 5.07. The predicted molar refractivity (Wildman–Crippen MR) is 71.3 cm³/mol. The van der Waals surface area contributed by atoms with Gasteiger partial charge in [0.1, 0.15) is 0 Å². The van der Waals surface area contributed by atoms with Crippen LogP contribution in [0.5, 0.6) is 0 Å². The van der Waals surface area contributed by atoms with Crippen molar-refractivity contribution in [3.63, 3.8) is 0 Å². The van der Waals surface area contributed by atoms with Gasteiger partial charge in [0.25, 0.3) is 0 Å². The maximum atomic E-state index is 12.7. The fraction of sp³-hybridized carbons (Fsp3) is 0.929. The van der Waals surface area contributed by atoms with E-state index in [1.807, 2.05) is 4.90 Å². The van der Waals surface area contributed by atoms with Crippen LogP contribution in [0, 0.1) is 5.92 Å². The molecule has 4 nitrogen and oxygen atoms in total. The van der Waals surface area contributed by atoms with Crippen LogP contribution in [0.2, 0.25) is 0 Å². The van der Waals surface area contributed by atoms with Gasteiger partial charge in [0.15, 0.2) is 0 Å². The highest BCUT2D eigenvalue weighted by Crippen LogP contribution is 2.30. The van der Waals surface area contributed by atoms with Crippen LogP contribution in [0.15, 0.2) is 0 Å². The second kappa shape index (κ2) is 6.02. The highest BCUT2D eigenvalue weighted by atomic mass is 16.3. The van der Waals surface area contributed by atoms with Crippen molar-refractivity contribution in [1.82, 2.24) is 10.2 Å². The fourth-order valence-corrected chi connectivity index (χ4v) is 3.47. The van der Waals surface area contributed by atoms with Gasteiger partial charge in [0, 0.05) is 19.7 Å². The van der Waals surface area contributed by atoms with Crippen LogP contribution in [0.4, 0.5) is 0 Å². The van der Waals surface area contributed by atoms with Gasteiger partial charge in [0.05, 0.1) is 5.54 Å². The van der Waals surface area contributed by atoms with Crippen molar-refractivity contribution in [2.75, 3.05) is 26.2 Å². The van der Waals surface area contributed by atoms with Crippen LogP contribution in [-0.2, 0) is 4.79 Å². The van der Waals surface area contributed by atoms with Gasteiger partial charge >= 0.3 is 0 Å². The first-order chi connectivity index (χ1) is 8.72. The molecule has 2 atom stereocenters. The Morgan fingerprint density at radius 2 is 2.39 bits per heavy atom. The van der Waals surface area contributed by atoms with Crippen LogP contribution < -0.4 is 5.32 Å². The minimum Gasteiger partial charge on any atom is -0.396 e. The van der Waals surface area contributed by atoms with Crippen molar-refractivity contribution in [2.24, 2.45) is 5.92 Å². The minimum atomic E-state index is -0.275. The molecule has 2 unspecified atom stereocenters. The van der Waals surface area contributed by atoms with E-state index in [4.69, 9.17) is 5.11 Å². The zero-order chi connectivity index (χ0) is 13.0. The summed E-state index contributed by atoms with van der Waals surface area (Å²) < 4.78 is 0. The quantitative estimate of drug-likeness (QED) is 0.773. The Morgan fingerprint density at radius 1 is 1.56 bits per heavy atom. The molecule has 2 N–H and O–H groups in total. The second-order valence-electron chi connectivity index (χ2n) is 5.78. The van der Waals surface area contributed by atoms with Crippen molar-refractivity contribution in [3.8, 4) is 0 Å². The van der Waals surface area contributed by atoms with Gasteiger partial charge in [-0.25, -0.2) is 0 Å². The molecule has 104 valence electrons. The van der Waals surface area contributed by atoms with Crippen LogP contribution in [0.1, 0.15) is 45.4 Å². The number of hydrogen-bond donors (Lipinski definition) is 2. The van der Waals surface area contributed by atoms with Crippen molar-refractivity contribution in [3.05, 3.63) is 0 Å². The predicted octanol–water partition coefficient (Wildman–Crippen LogP) is 1.14. The highest BCUT2D eigenvalue weighted by molar-refractivity contribution is 5.87. The number of carbonyl (C=O) groups is 1. The third-order valence-corrected chi connectivity index (χ3v) is 4.44. The molecule has 1 amide bonds. The maximum Gasteiger partial charge on any atom is 0.242 e. The van der Waals surface area contributed by atoms with E-state index in [2.05, 4.69) is 12.2 Å². The van der Waals surface area contributed by atoms with Gasteiger partial charge in [-0.15, -0.1) is 0 Å². The van der Waals surface area contributed by atoms with Crippen LogP contribution >= 0.6 is 0 Å². The molecule has 4 heteroatoms. The third-order valence-electron chi connectivity index (χ3n) is 4.44. The molecule has 0 bridgehead atoms. The van der Waals surface area contributed by atoms with Crippen LogP contribution in [0.3, 0.4) is 0 Å². The molecule has 2 saturated heterocycles. The summed E-state index contributed by atoms with van der Waals surface area (Å²) in [4.78, 5) is 14.7. The van der Waals surface area contributed by atoms with E-state index in [9.17, 15) is 4.79 Å². The normalized spacial score (nSPS) is 32.1. The molecule has 0 aromatic carbocycles. The number of nitrogens with zero attached hydrogens (tertiary/aromatic N) is 1. The SMILES string of the molecule is CCCC1(C(=O)N2CCC(CCO)C2)CCCN1. The van der Waals surface area contributed by atoms with Crippen LogP contribution in [0.25, 0.3) is 0 Å². The monoisotopic (exact) mass is 254 g/mol. The average molecular weight is 254 g/mol. The lowest BCUT2D eigenvalue weighted by atomic mass is 9.90. The van der Waals surface area contributed by atoms with Crippen molar-refractivity contribution >= 4 is 5.91 Å². The first-order valence-corrected chi connectivity index (χ1v) is 7.37. The first-order valence-electron chi connectivity index (χ1n) is 7.37. The van der Waals surface area contributed by atoms with E-state index in [-0.39, 0.29) is 12.1 Å². The van der Waals surface area contributed by atoms with Gasteiger partial charge in [-0.1, -0.05) is 13.3 Å². The summed E-state index contributed by atoms with van der Waals surface area (Å²) in [6.07, 6.45) is 5.98. The number of hydrogen-bond acceptors (Lipinski definition) is 3. The Labute approximate surface area is 110 Å². The van der Waals surface area contributed by atoms with E-state index in [1.165, 1.54) is 0 Å². The van der Waals surface area contributed by atoms with Crippen molar-refractivity contribution in [1.29, 1.82) is 0 Å². The zero-order valence-electron chi connectivity index (χ0n) is 11.5. The molecule has 18 heavy (non-hydrogen) atoms. The Morgan fingerprint density at radius 3 is 3.00 bits per heavy atom. The smallest absolute Gasteiger partial charge is 0.242 e. The molecular weight excluding hydrogens is 228 g/mol. The number of amides is 1. The lowest BCUT2D eigenvalue weighted by Gasteiger charge is -2.32.